The van der Waals surface area contributed by atoms with Crippen LogP contribution < -0.4 is 10.6 Å². The first kappa shape index (κ1) is 16.4. The number of piperazine rings is 1. The van der Waals surface area contributed by atoms with E-state index in [4.69, 9.17) is 5.73 Å². The minimum atomic E-state index is 0.161. The van der Waals surface area contributed by atoms with E-state index < -0.39 is 0 Å². The van der Waals surface area contributed by atoms with Crippen LogP contribution in [0.15, 0.2) is 42.5 Å². The number of anilines is 2. The van der Waals surface area contributed by atoms with Crippen molar-refractivity contribution in [1.29, 1.82) is 0 Å². The fourth-order valence-electron chi connectivity index (χ4n) is 3.24. The van der Waals surface area contributed by atoms with Crippen molar-refractivity contribution in [3.63, 3.8) is 0 Å². The van der Waals surface area contributed by atoms with Gasteiger partial charge in [-0.15, -0.1) is 0 Å². The molecule has 24 heavy (non-hydrogen) atoms. The molecule has 1 amide bonds. The van der Waals surface area contributed by atoms with Crippen LogP contribution in [0.3, 0.4) is 0 Å². The lowest BCUT2D eigenvalue weighted by Gasteiger charge is -2.37. The van der Waals surface area contributed by atoms with Gasteiger partial charge in [0, 0.05) is 37.6 Å². The monoisotopic (exact) mass is 323 g/mol. The molecule has 0 unspecified atom stereocenters. The van der Waals surface area contributed by atoms with Crippen LogP contribution in [0.1, 0.15) is 16.7 Å². The summed E-state index contributed by atoms with van der Waals surface area (Å²) in [4.78, 5) is 16.9. The van der Waals surface area contributed by atoms with Crippen molar-refractivity contribution in [1.82, 2.24) is 4.90 Å². The molecule has 1 fully saturated rings. The smallest absolute Gasteiger partial charge is 0.227 e. The Morgan fingerprint density at radius 1 is 1.00 bits per heavy atom. The molecular weight excluding hydrogens is 298 g/mol. The first-order valence-corrected chi connectivity index (χ1v) is 8.48. The predicted molar refractivity (Wildman–Crippen MR) is 99.3 cm³/mol. The average molecular weight is 323 g/mol. The summed E-state index contributed by atoms with van der Waals surface area (Å²) in [5, 5.41) is 0. The van der Waals surface area contributed by atoms with Crippen LogP contribution in [-0.4, -0.2) is 37.0 Å². The molecule has 0 radical (unpaired) electrons. The molecule has 2 aromatic carbocycles. The van der Waals surface area contributed by atoms with Crippen molar-refractivity contribution in [2.75, 3.05) is 36.8 Å². The molecule has 1 aliphatic heterocycles. The lowest BCUT2D eigenvalue weighted by atomic mass is 10.1. The summed E-state index contributed by atoms with van der Waals surface area (Å²) in [5.74, 6) is 0.161. The predicted octanol–water partition coefficient (Wildman–Crippen LogP) is 2.78. The number of nitrogen functional groups attached to an aromatic ring is 1. The number of aryl methyl sites for hydroxylation is 1. The Labute approximate surface area is 143 Å². The normalized spacial score (nSPS) is 14.8. The Kier molecular flexibility index (Phi) is 4.74. The summed E-state index contributed by atoms with van der Waals surface area (Å²) in [5.41, 5.74) is 11.5. The molecule has 0 atom stereocenters. The molecule has 0 aromatic heterocycles. The molecule has 0 aliphatic carbocycles. The molecule has 0 saturated carbocycles. The Hall–Kier alpha value is -2.49. The molecule has 2 N–H and O–H groups in total. The molecule has 2 aromatic rings. The molecule has 1 heterocycles. The van der Waals surface area contributed by atoms with E-state index in [2.05, 4.69) is 36.9 Å². The maximum atomic E-state index is 12.5. The van der Waals surface area contributed by atoms with Gasteiger partial charge in [0.2, 0.25) is 5.91 Å². The average Bonchev–Trinajstić information content (AvgIpc) is 2.59. The summed E-state index contributed by atoms with van der Waals surface area (Å²) < 4.78 is 0. The quantitative estimate of drug-likeness (QED) is 0.884. The van der Waals surface area contributed by atoms with Crippen LogP contribution in [0.5, 0.6) is 0 Å². The van der Waals surface area contributed by atoms with E-state index in [9.17, 15) is 4.79 Å². The molecule has 4 nitrogen and oxygen atoms in total. The topological polar surface area (TPSA) is 49.6 Å². The van der Waals surface area contributed by atoms with Gasteiger partial charge in [0.15, 0.2) is 0 Å². The summed E-state index contributed by atoms with van der Waals surface area (Å²) in [7, 11) is 0. The number of nitrogens with zero attached hydrogens (tertiary/aromatic N) is 2. The number of amides is 1. The zero-order chi connectivity index (χ0) is 17.1. The molecule has 0 spiro atoms. The van der Waals surface area contributed by atoms with E-state index in [1.54, 1.807) is 0 Å². The van der Waals surface area contributed by atoms with E-state index in [1.165, 1.54) is 16.8 Å². The van der Waals surface area contributed by atoms with E-state index in [0.717, 1.165) is 31.7 Å². The van der Waals surface area contributed by atoms with E-state index >= 15 is 0 Å². The third kappa shape index (κ3) is 3.37. The second-order valence-corrected chi connectivity index (χ2v) is 6.46. The summed E-state index contributed by atoms with van der Waals surface area (Å²) in [6.07, 6.45) is 0.385. The number of nitrogens with two attached hydrogens (primary N) is 1. The van der Waals surface area contributed by atoms with Gasteiger partial charge in [-0.25, -0.2) is 0 Å². The van der Waals surface area contributed by atoms with Gasteiger partial charge >= 0.3 is 0 Å². The lowest BCUT2D eigenvalue weighted by molar-refractivity contribution is -0.130. The highest BCUT2D eigenvalue weighted by molar-refractivity contribution is 5.80. The molecule has 4 heteroatoms. The van der Waals surface area contributed by atoms with E-state index in [0.29, 0.717) is 12.1 Å². The number of rotatable bonds is 3. The highest BCUT2D eigenvalue weighted by atomic mass is 16.2. The van der Waals surface area contributed by atoms with Crippen molar-refractivity contribution >= 4 is 17.3 Å². The van der Waals surface area contributed by atoms with Gasteiger partial charge in [-0.3, -0.25) is 4.79 Å². The summed E-state index contributed by atoms with van der Waals surface area (Å²) >= 11 is 0. The largest absolute Gasteiger partial charge is 0.398 e. The third-order valence-electron chi connectivity index (χ3n) is 4.95. The van der Waals surface area contributed by atoms with E-state index in [-0.39, 0.29) is 5.91 Å². The molecule has 1 saturated heterocycles. The maximum Gasteiger partial charge on any atom is 0.227 e. The highest BCUT2D eigenvalue weighted by Gasteiger charge is 2.22. The van der Waals surface area contributed by atoms with E-state index in [1.807, 2.05) is 29.2 Å². The Bertz CT molecular complexity index is 733. The van der Waals surface area contributed by atoms with Gasteiger partial charge in [-0.1, -0.05) is 30.3 Å². The van der Waals surface area contributed by atoms with Crippen molar-refractivity contribution in [2.45, 2.75) is 20.3 Å². The van der Waals surface area contributed by atoms with Crippen molar-refractivity contribution in [3.8, 4) is 0 Å². The lowest BCUT2D eigenvalue weighted by Crippen LogP contribution is -2.49. The Balaban J connectivity index is 1.62. The second-order valence-electron chi connectivity index (χ2n) is 6.46. The molecule has 0 bridgehead atoms. The standard InChI is InChI=1S/C20H25N3O/c1-15-6-5-9-19(16(15)2)22-10-12-23(13-11-22)20(24)14-17-7-3-4-8-18(17)21/h3-9H,10-14,21H2,1-2H3. The fourth-order valence-corrected chi connectivity index (χ4v) is 3.24. The zero-order valence-corrected chi connectivity index (χ0v) is 14.5. The number of benzene rings is 2. The molecule has 1 aliphatic rings. The number of carbonyl (C=O) groups is 1. The Morgan fingerprint density at radius 3 is 2.42 bits per heavy atom. The maximum absolute atomic E-state index is 12.5. The molecule has 126 valence electrons. The van der Waals surface area contributed by atoms with Gasteiger partial charge in [0.25, 0.3) is 0 Å². The molecular formula is C20H25N3O. The highest BCUT2D eigenvalue weighted by Crippen LogP contribution is 2.24. The van der Waals surface area contributed by atoms with Gasteiger partial charge in [0.05, 0.1) is 6.42 Å². The van der Waals surface area contributed by atoms with Gasteiger partial charge in [-0.2, -0.15) is 0 Å². The van der Waals surface area contributed by atoms with Crippen LogP contribution in [0.4, 0.5) is 11.4 Å². The summed E-state index contributed by atoms with van der Waals surface area (Å²) in [6, 6.07) is 14.0. The summed E-state index contributed by atoms with van der Waals surface area (Å²) in [6.45, 7) is 7.59. The molecule has 3 rings (SSSR count). The van der Waals surface area contributed by atoms with Gasteiger partial charge in [0.1, 0.15) is 0 Å². The van der Waals surface area contributed by atoms with Crippen LogP contribution in [0.2, 0.25) is 0 Å². The first-order valence-electron chi connectivity index (χ1n) is 8.48. The fraction of sp³-hybridized carbons (Fsp3) is 0.350. The van der Waals surface area contributed by atoms with Crippen molar-refractivity contribution < 1.29 is 4.79 Å². The van der Waals surface area contributed by atoms with Crippen LogP contribution in [0.25, 0.3) is 0 Å². The van der Waals surface area contributed by atoms with Gasteiger partial charge < -0.3 is 15.5 Å². The van der Waals surface area contributed by atoms with Crippen LogP contribution in [0, 0.1) is 13.8 Å². The SMILES string of the molecule is Cc1cccc(N2CCN(C(=O)Cc3ccccc3N)CC2)c1C. The van der Waals surface area contributed by atoms with Crippen molar-refractivity contribution in [3.05, 3.63) is 59.2 Å². The first-order chi connectivity index (χ1) is 11.6. The number of hydrogen-bond donors (Lipinski definition) is 1. The minimum Gasteiger partial charge on any atom is -0.398 e. The zero-order valence-electron chi connectivity index (χ0n) is 14.5. The number of para-hydroxylation sites is 1. The van der Waals surface area contributed by atoms with Crippen LogP contribution in [-0.2, 0) is 11.2 Å². The number of carbonyl (C=O) groups excluding carboxylic acids is 1. The minimum absolute atomic E-state index is 0.161. The van der Waals surface area contributed by atoms with Crippen LogP contribution >= 0.6 is 0 Å². The van der Waals surface area contributed by atoms with Gasteiger partial charge in [-0.05, 0) is 42.7 Å². The number of hydrogen-bond acceptors (Lipinski definition) is 3. The Morgan fingerprint density at radius 2 is 1.71 bits per heavy atom. The second kappa shape index (κ2) is 6.95. The third-order valence-corrected chi connectivity index (χ3v) is 4.95. The van der Waals surface area contributed by atoms with Crippen molar-refractivity contribution in [2.24, 2.45) is 0 Å².